The quantitative estimate of drug-likeness (QED) is 0.872. The summed E-state index contributed by atoms with van der Waals surface area (Å²) < 4.78 is 23.4. The van der Waals surface area contributed by atoms with Crippen LogP contribution >= 0.6 is 0 Å². The van der Waals surface area contributed by atoms with Crippen molar-refractivity contribution in [3.63, 3.8) is 0 Å². The van der Waals surface area contributed by atoms with Gasteiger partial charge in [-0.05, 0) is 30.9 Å². The Bertz CT molecular complexity index is 826. The summed E-state index contributed by atoms with van der Waals surface area (Å²) in [6, 6.07) is 7.91. The van der Waals surface area contributed by atoms with E-state index in [0.29, 0.717) is 25.8 Å². The van der Waals surface area contributed by atoms with Crippen LogP contribution in [0.4, 0.5) is 0 Å². The van der Waals surface area contributed by atoms with Crippen molar-refractivity contribution in [2.75, 3.05) is 18.1 Å². The van der Waals surface area contributed by atoms with Gasteiger partial charge >= 0.3 is 0 Å². The van der Waals surface area contributed by atoms with Crippen molar-refractivity contribution in [1.82, 2.24) is 9.88 Å². The molecule has 1 unspecified atom stereocenters. The average molecular weight is 348 g/mol. The zero-order valence-electron chi connectivity index (χ0n) is 14.0. The molecule has 1 aliphatic heterocycles. The Hall–Kier alpha value is -1.82. The third kappa shape index (κ3) is 3.64. The lowest BCUT2D eigenvalue weighted by Crippen LogP contribution is -2.41. The maximum atomic E-state index is 12.7. The predicted octanol–water partition coefficient (Wildman–Crippen LogP) is 2.53. The van der Waals surface area contributed by atoms with Crippen LogP contribution in [0.3, 0.4) is 0 Å². The third-order valence-electron chi connectivity index (χ3n) is 4.72. The molecule has 0 bridgehead atoms. The molecule has 0 aliphatic carbocycles. The number of nitrogens with zero attached hydrogens (tertiary/aromatic N) is 1. The molecule has 130 valence electrons. The van der Waals surface area contributed by atoms with Crippen LogP contribution in [0, 0.1) is 0 Å². The monoisotopic (exact) mass is 348 g/mol. The van der Waals surface area contributed by atoms with E-state index in [2.05, 4.69) is 11.1 Å². The Morgan fingerprint density at radius 1 is 1.33 bits per heavy atom. The van der Waals surface area contributed by atoms with Gasteiger partial charge in [-0.25, -0.2) is 8.42 Å². The number of rotatable bonds is 6. The number of para-hydroxylation sites is 1. The van der Waals surface area contributed by atoms with Gasteiger partial charge in [0.2, 0.25) is 5.91 Å². The molecular weight excluding hydrogens is 324 g/mol. The second-order valence-electron chi connectivity index (χ2n) is 6.50. The standard InChI is InChI=1S/C18H24N2O3S/c1-2-10-20(15-9-11-24(22,23)13-15)18(21)8-7-14-12-19-17-6-4-3-5-16(14)17/h3-6,12,15,19H,2,7-11,13H2,1H3. The summed E-state index contributed by atoms with van der Waals surface area (Å²) in [4.78, 5) is 17.7. The first-order valence-electron chi connectivity index (χ1n) is 8.55. The number of carbonyl (C=O) groups is 1. The van der Waals surface area contributed by atoms with Gasteiger partial charge < -0.3 is 9.88 Å². The number of aromatic amines is 1. The summed E-state index contributed by atoms with van der Waals surface area (Å²) in [6.07, 6.45) is 4.46. The number of amides is 1. The highest BCUT2D eigenvalue weighted by molar-refractivity contribution is 7.91. The van der Waals surface area contributed by atoms with E-state index in [4.69, 9.17) is 0 Å². The fourth-order valence-corrected chi connectivity index (χ4v) is 5.23. The number of hydrogen-bond acceptors (Lipinski definition) is 3. The van der Waals surface area contributed by atoms with Crippen LogP contribution < -0.4 is 0 Å². The lowest BCUT2D eigenvalue weighted by molar-refractivity contribution is -0.133. The van der Waals surface area contributed by atoms with E-state index >= 15 is 0 Å². The molecule has 0 saturated carbocycles. The minimum absolute atomic E-state index is 0.0595. The summed E-state index contributed by atoms with van der Waals surface area (Å²) in [5.41, 5.74) is 2.21. The highest BCUT2D eigenvalue weighted by Gasteiger charge is 2.33. The molecule has 1 saturated heterocycles. The van der Waals surface area contributed by atoms with Gasteiger partial charge in [0.1, 0.15) is 0 Å². The predicted molar refractivity (Wildman–Crippen MR) is 95.7 cm³/mol. The van der Waals surface area contributed by atoms with Crippen LogP contribution in [0.1, 0.15) is 31.7 Å². The van der Waals surface area contributed by atoms with E-state index in [1.54, 1.807) is 4.90 Å². The van der Waals surface area contributed by atoms with Crippen molar-refractivity contribution in [2.45, 2.75) is 38.6 Å². The van der Waals surface area contributed by atoms with Crippen molar-refractivity contribution in [3.8, 4) is 0 Å². The van der Waals surface area contributed by atoms with Gasteiger partial charge in [0.25, 0.3) is 0 Å². The number of carbonyl (C=O) groups excluding carboxylic acids is 1. The summed E-state index contributed by atoms with van der Waals surface area (Å²) in [5.74, 6) is 0.378. The van der Waals surface area contributed by atoms with E-state index in [1.165, 1.54) is 0 Å². The molecule has 1 amide bonds. The average Bonchev–Trinajstić information content (AvgIpc) is 3.13. The van der Waals surface area contributed by atoms with Gasteiger partial charge in [0.15, 0.2) is 9.84 Å². The first-order chi connectivity index (χ1) is 11.5. The van der Waals surface area contributed by atoms with Gasteiger partial charge in [-0.1, -0.05) is 25.1 Å². The molecule has 0 radical (unpaired) electrons. The zero-order valence-corrected chi connectivity index (χ0v) is 14.8. The Kier molecular flexibility index (Phi) is 4.94. The van der Waals surface area contributed by atoms with Crippen LogP contribution in [-0.4, -0.2) is 48.3 Å². The summed E-state index contributed by atoms with van der Waals surface area (Å²) >= 11 is 0. The maximum absolute atomic E-state index is 12.7. The van der Waals surface area contributed by atoms with Crippen molar-refractivity contribution in [1.29, 1.82) is 0 Å². The van der Waals surface area contributed by atoms with Crippen molar-refractivity contribution >= 4 is 26.6 Å². The maximum Gasteiger partial charge on any atom is 0.223 e. The Balaban J connectivity index is 1.67. The molecule has 2 heterocycles. The molecule has 6 heteroatoms. The fraction of sp³-hybridized carbons (Fsp3) is 0.500. The Morgan fingerprint density at radius 3 is 2.83 bits per heavy atom. The van der Waals surface area contributed by atoms with Gasteiger partial charge in [0.05, 0.1) is 11.5 Å². The van der Waals surface area contributed by atoms with Crippen LogP contribution in [0.15, 0.2) is 30.5 Å². The molecule has 1 aromatic carbocycles. The van der Waals surface area contributed by atoms with E-state index in [9.17, 15) is 13.2 Å². The van der Waals surface area contributed by atoms with Crippen LogP contribution in [0.5, 0.6) is 0 Å². The lowest BCUT2D eigenvalue weighted by Gasteiger charge is -2.28. The number of sulfone groups is 1. The second kappa shape index (κ2) is 6.97. The Labute approximate surface area is 143 Å². The van der Waals surface area contributed by atoms with Gasteiger partial charge in [-0.3, -0.25) is 4.79 Å². The first kappa shape index (κ1) is 17.0. The van der Waals surface area contributed by atoms with E-state index in [1.807, 2.05) is 31.3 Å². The van der Waals surface area contributed by atoms with Gasteiger partial charge in [0, 0.05) is 36.1 Å². The first-order valence-corrected chi connectivity index (χ1v) is 10.4. The number of nitrogens with one attached hydrogen (secondary N) is 1. The third-order valence-corrected chi connectivity index (χ3v) is 6.47. The lowest BCUT2D eigenvalue weighted by atomic mass is 10.1. The normalized spacial score (nSPS) is 19.6. The highest BCUT2D eigenvalue weighted by Crippen LogP contribution is 2.22. The summed E-state index contributed by atoms with van der Waals surface area (Å²) in [6.45, 7) is 2.65. The Morgan fingerprint density at radius 2 is 2.12 bits per heavy atom. The zero-order chi connectivity index (χ0) is 17.2. The summed E-state index contributed by atoms with van der Waals surface area (Å²) in [7, 11) is -2.98. The van der Waals surface area contributed by atoms with Crippen LogP contribution in [0.2, 0.25) is 0 Å². The fourth-order valence-electron chi connectivity index (χ4n) is 3.50. The van der Waals surface area contributed by atoms with Crippen molar-refractivity contribution in [3.05, 3.63) is 36.0 Å². The van der Waals surface area contributed by atoms with Crippen molar-refractivity contribution in [2.24, 2.45) is 0 Å². The molecule has 1 fully saturated rings. The highest BCUT2D eigenvalue weighted by atomic mass is 32.2. The van der Waals surface area contributed by atoms with Gasteiger partial charge in [-0.15, -0.1) is 0 Å². The SMILES string of the molecule is CCCN(C(=O)CCc1c[nH]c2ccccc12)C1CCS(=O)(=O)C1. The minimum atomic E-state index is -2.98. The largest absolute Gasteiger partial charge is 0.361 e. The van der Waals surface area contributed by atoms with E-state index in [-0.39, 0.29) is 23.5 Å². The second-order valence-corrected chi connectivity index (χ2v) is 8.73. The number of fused-ring (bicyclic) bond motifs is 1. The number of hydrogen-bond donors (Lipinski definition) is 1. The number of aryl methyl sites for hydroxylation is 1. The van der Waals surface area contributed by atoms with E-state index < -0.39 is 9.84 Å². The smallest absolute Gasteiger partial charge is 0.223 e. The molecule has 24 heavy (non-hydrogen) atoms. The molecule has 5 nitrogen and oxygen atoms in total. The van der Waals surface area contributed by atoms with Crippen molar-refractivity contribution < 1.29 is 13.2 Å². The number of benzene rings is 1. The molecule has 0 spiro atoms. The molecular formula is C18H24N2O3S. The van der Waals surface area contributed by atoms with Gasteiger partial charge in [-0.2, -0.15) is 0 Å². The van der Waals surface area contributed by atoms with Crippen LogP contribution in [-0.2, 0) is 21.1 Å². The van der Waals surface area contributed by atoms with E-state index in [0.717, 1.165) is 22.9 Å². The molecule has 1 atom stereocenters. The molecule has 3 rings (SSSR count). The number of H-pyrrole nitrogens is 1. The number of aromatic nitrogens is 1. The molecule has 2 aromatic rings. The minimum Gasteiger partial charge on any atom is -0.361 e. The topological polar surface area (TPSA) is 70.2 Å². The molecule has 1 N–H and O–H groups in total. The molecule has 1 aromatic heterocycles. The summed E-state index contributed by atoms with van der Waals surface area (Å²) in [5, 5.41) is 1.15. The molecule has 1 aliphatic rings. The van der Waals surface area contributed by atoms with Crippen LogP contribution in [0.25, 0.3) is 10.9 Å².